The van der Waals surface area contributed by atoms with Gasteiger partial charge in [0.05, 0.1) is 17.0 Å². The Morgan fingerprint density at radius 1 is 1.28 bits per heavy atom. The third kappa shape index (κ3) is 3.66. The molecule has 0 aromatic carbocycles. The quantitative estimate of drug-likeness (QED) is 0.556. The first kappa shape index (κ1) is 16.8. The summed E-state index contributed by atoms with van der Waals surface area (Å²) >= 11 is 5.00. The Kier molecular flexibility index (Phi) is 6.83. The van der Waals surface area contributed by atoms with Crippen molar-refractivity contribution in [3.05, 3.63) is 0 Å². The Hall–Kier alpha value is -1.17. The van der Waals surface area contributed by atoms with E-state index < -0.39 is 11.4 Å². The van der Waals surface area contributed by atoms with Crippen LogP contribution in [0.2, 0.25) is 0 Å². The van der Waals surface area contributed by atoms with Crippen molar-refractivity contribution in [3.63, 3.8) is 0 Å². The lowest BCUT2D eigenvalue weighted by Gasteiger charge is -2.32. The second kappa shape index (κ2) is 7.31. The molecule has 0 fully saturated rings. The smallest absolute Gasteiger partial charge is 0.325 e. The van der Waals surface area contributed by atoms with Crippen LogP contribution in [0.3, 0.4) is 0 Å². The normalized spacial score (nSPS) is 10.9. The summed E-state index contributed by atoms with van der Waals surface area (Å²) in [6, 6.07) is 0. The van der Waals surface area contributed by atoms with E-state index in [1.54, 1.807) is 14.0 Å². The number of ether oxygens (including phenoxy) is 1. The zero-order valence-corrected chi connectivity index (χ0v) is 12.3. The number of nitrogens with zero attached hydrogens (tertiary/aromatic N) is 1. The second-order valence-corrected chi connectivity index (χ2v) is 4.56. The van der Waals surface area contributed by atoms with Crippen LogP contribution in [-0.4, -0.2) is 42.0 Å². The van der Waals surface area contributed by atoms with Crippen LogP contribution < -0.4 is 5.73 Å². The van der Waals surface area contributed by atoms with Gasteiger partial charge in [-0.05, 0) is 19.8 Å². The molecule has 0 aliphatic carbocycles. The highest BCUT2D eigenvalue weighted by atomic mass is 32.1. The molecule has 0 spiro atoms. The molecule has 5 nitrogen and oxygen atoms in total. The maximum atomic E-state index is 12.4. The molecule has 0 radical (unpaired) electrons. The summed E-state index contributed by atoms with van der Waals surface area (Å²) in [7, 11) is 1.55. The average Bonchev–Trinajstić information content (AvgIpc) is 2.30. The van der Waals surface area contributed by atoms with Crippen molar-refractivity contribution < 1.29 is 14.3 Å². The van der Waals surface area contributed by atoms with E-state index in [0.717, 1.165) is 0 Å². The molecule has 0 heterocycles. The Bertz CT molecular complexity index is 327. The molecular weight excluding hydrogens is 252 g/mol. The molecule has 0 saturated heterocycles. The number of carbonyl (C=O) groups is 2. The van der Waals surface area contributed by atoms with Gasteiger partial charge >= 0.3 is 5.97 Å². The summed E-state index contributed by atoms with van der Waals surface area (Å²) in [4.78, 5) is 25.2. The highest BCUT2D eigenvalue weighted by molar-refractivity contribution is 7.80. The fourth-order valence-electron chi connectivity index (χ4n) is 1.84. The molecule has 2 N–H and O–H groups in total. The van der Waals surface area contributed by atoms with Crippen LogP contribution in [0, 0.1) is 5.41 Å². The Labute approximate surface area is 114 Å². The van der Waals surface area contributed by atoms with Crippen LogP contribution in [0.15, 0.2) is 0 Å². The van der Waals surface area contributed by atoms with Crippen molar-refractivity contribution in [2.45, 2.75) is 33.6 Å². The molecule has 18 heavy (non-hydrogen) atoms. The standard InChI is InChI=1S/C12H22N2O3S/c1-5-12(6-2,10(13)18)11(16)14(4)8-9(15)17-7-3/h5-8H2,1-4H3,(H2,13,18). The predicted octanol–water partition coefficient (Wildman–Crippen LogP) is 1.10. The number of amides is 1. The predicted molar refractivity (Wildman–Crippen MR) is 74.1 cm³/mol. The van der Waals surface area contributed by atoms with Gasteiger partial charge in [0.1, 0.15) is 6.54 Å². The topological polar surface area (TPSA) is 72.6 Å². The fraction of sp³-hybridized carbons (Fsp3) is 0.750. The van der Waals surface area contributed by atoms with E-state index in [1.807, 2.05) is 13.8 Å². The number of nitrogens with two attached hydrogens (primary N) is 1. The molecule has 0 aliphatic rings. The van der Waals surface area contributed by atoms with Crippen LogP contribution in [-0.2, 0) is 14.3 Å². The van der Waals surface area contributed by atoms with E-state index in [9.17, 15) is 9.59 Å². The van der Waals surface area contributed by atoms with Crippen LogP contribution in [0.1, 0.15) is 33.6 Å². The molecule has 1 amide bonds. The monoisotopic (exact) mass is 274 g/mol. The molecule has 0 rings (SSSR count). The summed E-state index contributed by atoms with van der Waals surface area (Å²) in [6.45, 7) is 5.65. The molecule has 0 bridgehead atoms. The lowest BCUT2D eigenvalue weighted by Crippen LogP contribution is -2.50. The number of hydrogen-bond donors (Lipinski definition) is 1. The molecule has 0 saturated carbocycles. The van der Waals surface area contributed by atoms with Gasteiger partial charge in [0, 0.05) is 7.05 Å². The van der Waals surface area contributed by atoms with E-state index in [-0.39, 0.29) is 17.4 Å². The van der Waals surface area contributed by atoms with Gasteiger partial charge in [0.2, 0.25) is 5.91 Å². The summed E-state index contributed by atoms with van der Waals surface area (Å²) in [5, 5.41) is 0. The van der Waals surface area contributed by atoms with Crippen LogP contribution in [0.5, 0.6) is 0 Å². The largest absolute Gasteiger partial charge is 0.465 e. The van der Waals surface area contributed by atoms with Crippen molar-refractivity contribution in [2.75, 3.05) is 20.2 Å². The number of thiocarbonyl (C=S) groups is 1. The average molecular weight is 274 g/mol. The lowest BCUT2D eigenvalue weighted by atomic mass is 9.81. The Morgan fingerprint density at radius 2 is 1.78 bits per heavy atom. The first-order valence-electron chi connectivity index (χ1n) is 6.06. The van der Waals surface area contributed by atoms with E-state index in [0.29, 0.717) is 19.4 Å². The third-order valence-electron chi connectivity index (χ3n) is 3.11. The summed E-state index contributed by atoms with van der Waals surface area (Å²) in [5.74, 6) is -0.662. The van der Waals surface area contributed by atoms with Crippen molar-refractivity contribution in [1.82, 2.24) is 4.90 Å². The molecule has 0 unspecified atom stereocenters. The minimum Gasteiger partial charge on any atom is -0.465 e. The van der Waals surface area contributed by atoms with Gasteiger partial charge in [0.25, 0.3) is 0 Å². The maximum absolute atomic E-state index is 12.4. The number of esters is 1. The van der Waals surface area contributed by atoms with Crippen molar-refractivity contribution in [2.24, 2.45) is 11.1 Å². The summed E-state index contributed by atoms with van der Waals surface area (Å²) in [6.07, 6.45) is 1.04. The molecule has 0 aromatic heterocycles. The number of rotatable bonds is 7. The maximum Gasteiger partial charge on any atom is 0.325 e. The summed E-state index contributed by atoms with van der Waals surface area (Å²) in [5.41, 5.74) is 4.82. The third-order valence-corrected chi connectivity index (χ3v) is 3.50. The molecule has 104 valence electrons. The minimum absolute atomic E-state index is 0.0863. The minimum atomic E-state index is -0.865. The van der Waals surface area contributed by atoms with E-state index in [1.165, 1.54) is 4.90 Å². The van der Waals surface area contributed by atoms with Gasteiger partial charge in [-0.1, -0.05) is 26.1 Å². The van der Waals surface area contributed by atoms with E-state index in [2.05, 4.69) is 0 Å². The highest BCUT2D eigenvalue weighted by Gasteiger charge is 2.40. The highest BCUT2D eigenvalue weighted by Crippen LogP contribution is 2.29. The van der Waals surface area contributed by atoms with Gasteiger partial charge in [-0.25, -0.2) is 0 Å². The van der Waals surface area contributed by atoms with Gasteiger partial charge in [-0.3, -0.25) is 9.59 Å². The lowest BCUT2D eigenvalue weighted by molar-refractivity contribution is -0.150. The van der Waals surface area contributed by atoms with Crippen molar-refractivity contribution in [3.8, 4) is 0 Å². The van der Waals surface area contributed by atoms with Gasteiger partial charge < -0.3 is 15.4 Å². The van der Waals surface area contributed by atoms with Crippen LogP contribution in [0.4, 0.5) is 0 Å². The number of likely N-dealkylation sites (N-methyl/N-ethyl adjacent to an activating group) is 1. The fourth-order valence-corrected chi connectivity index (χ4v) is 2.22. The SMILES string of the molecule is CCOC(=O)CN(C)C(=O)C(CC)(CC)C(N)=S. The van der Waals surface area contributed by atoms with Crippen molar-refractivity contribution >= 4 is 29.1 Å². The van der Waals surface area contributed by atoms with Crippen molar-refractivity contribution in [1.29, 1.82) is 0 Å². The molecule has 0 atom stereocenters. The molecule has 0 aliphatic heterocycles. The first-order valence-corrected chi connectivity index (χ1v) is 6.47. The number of carbonyl (C=O) groups excluding carboxylic acids is 2. The Morgan fingerprint density at radius 3 is 2.11 bits per heavy atom. The molecule has 6 heteroatoms. The van der Waals surface area contributed by atoms with E-state index >= 15 is 0 Å². The zero-order chi connectivity index (χ0) is 14.3. The van der Waals surface area contributed by atoms with E-state index in [4.69, 9.17) is 22.7 Å². The van der Waals surface area contributed by atoms with Gasteiger partial charge in [-0.15, -0.1) is 0 Å². The number of hydrogen-bond acceptors (Lipinski definition) is 4. The summed E-state index contributed by atoms with van der Waals surface area (Å²) < 4.78 is 4.81. The molecular formula is C12H22N2O3S. The van der Waals surface area contributed by atoms with Crippen LogP contribution in [0.25, 0.3) is 0 Å². The second-order valence-electron chi connectivity index (χ2n) is 4.12. The molecule has 0 aromatic rings. The zero-order valence-electron chi connectivity index (χ0n) is 11.5. The van der Waals surface area contributed by atoms with Crippen LogP contribution >= 0.6 is 12.2 Å². The van der Waals surface area contributed by atoms with Gasteiger partial charge in [-0.2, -0.15) is 0 Å². The van der Waals surface area contributed by atoms with Gasteiger partial charge in [0.15, 0.2) is 0 Å². The Balaban J connectivity index is 4.89. The first-order chi connectivity index (χ1) is 8.35.